The molecule has 1 atom stereocenters. The molecule has 0 aliphatic heterocycles. The third-order valence-corrected chi connectivity index (χ3v) is 2.01. The highest BCUT2D eigenvalue weighted by Gasteiger charge is 2.21. The molecule has 0 radical (unpaired) electrons. The van der Waals surface area contributed by atoms with Gasteiger partial charge in [-0.25, -0.2) is 9.48 Å². The summed E-state index contributed by atoms with van der Waals surface area (Å²) in [7, 11) is 1.22. The van der Waals surface area contributed by atoms with Crippen molar-refractivity contribution in [2.24, 2.45) is 0 Å². The van der Waals surface area contributed by atoms with Crippen LogP contribution in [0.4, 0.5) is 0 Å². The lowest BCUT2D eigenvalue weighted by atomic mass is 10.4. The largest absolute Gasteiger partial charge is 0.464 e. The summed E-state index contributed by atoms with van der Waals surface area (Å²) in [5.74, 6) is -0.968. The lowest BCUT2D eigenvalue weighted by molar-refractivity contribution is -0.118. The molecule has 0 aromatic carbocycles. The van der Waals surface area contributed by atoms with E-state index in [9.17, 15) is 9.59 Å². The van der Waals surface area contributed by atoms with Gasteiger partial charge in [-0.1, -0.05) is 16.8 Å². The molecule has 6 nitrogen and oxygen atoms in total. The van der Waals surface area contributed by atoms with Gasteiger partial charge in [0.15, 0.2) is 17.0 Å². The van der Waals surface area contributed by atoms with E-state index in [1.807, 2.05) is 0 Å². The zero-order valence-corrected chi connectivity index (χ0v) is 8.35. The van der Waals surface area contributed by atoms with E-state index in [-0.39, 0.29) is 11.5 Å². The van der Waals surface area contributed by atoms with Crippen LogP contribution >= 0.6 is 11.6 Å². The molecule has 0 fully saturated rings. The maximum Gasteiger partial charge on any atom is 0.358 e. The lowest BCUT2D eigenvalue weighted by Gasteiger charge is -2.07. The molecule has 1 heterocycles. The summed E-state index contributed by atoms with van der Waals surface area (Å²) < 4.78 is 5.47. The van der Waals surface area contributed by atoms with E-state index in [4.69, 9.17) is 11.6 Å². The van der Waals surface area contributed by atoms with Crippen LogP contribution < -0.4 is 0 Å². The molecule has 0 spiro atoms. The van der Waals surface area contributed by atoms with Crippen molar-refractivity contribution in [3.63, 3.8) is 0 Å². The Balaban J connectivity index is 3.04. The van der Waals surface area contributed by atoms with Crippen LogP contribution in [0, 0.1) is 0 Å². The van der Waals surface area contributed by atoms with Gasteiger partial charge in [0.25, 0.3) is 0 Å². The number of ketones is 1. The minimum absolute atomic E-state index is 0.0442. The summed E-state index contributed by atoms with van der Waals surface area (Å²) in [6.45, 7) is 1.29. The molecule has 1 aromatic heterocycles. The molecule has 0 amide bonds. The number of hydrogen-bond acceptors (Lipinski definition) is 5. The number of Topliss-reactive ketones (excluding diaryl/α,β-unsaturated/α-hetero) is 1. The molecular weight excluding hydrogens is 210 g/mol. The average molecular weight is 218 g/mol. The van der Waals surface area contributed by atoms with Gasteiger partial charge < -0.3 is 4.74 Å². The second-order valence-electron chi connectivity index (χ2n) is 2.50. The molecular formula is C7H8ClN3O3. The predicted molar refractivity (Wildman–Crippen MR) is 46.9 cm³/mol. The Morgan fingerprint density at radius 1 is 1.64 bits per heavy atom. The summed E-state index contributed by atoms with van der Waals surface area (Å²) >= 11 is 5.69. The number of esters is 1. The van der Waals surface area contributed by atoms with Crippen LogP contribution in [0.3, 0.4) is 0 Å². The summed E-state index contributed by atoms with van der Waals surface area (Å²) in [5, 5.41) is 6.99. The van der Waals surface area contributed by atoms with Crippen LogP contribution in [0.1, 0.15) is 22.9 Å². The van der Waals surface area contributed by atoms with E-state index < -0.39 is 11.5 Å². The average Bonchev–Trinajstić information content (AvgIpc) is 2.63. The van der Waals surface area contributed by atoms with Gasteiger partial charge in [0.2, 0.25) is 0 Å². The number of halogens is 1. The molecule has 0 aliphatic rings. The number of carbonyl (C=O) groups is 2. The molecule has 0 aliphatic carbocycles. The molecule has 7 heteroatoms. The van der Waals surface area contributed by atoms with Crippen molar-refractivity contribution >= 4 is 23.4 Å². The highest BCUT2D eigenvalue weighted by Crippen LogP contribution is 2.14. The third-order valence-electron chi connectivity index (χ3n) is 1.52. The fourth-order valence-electron chi connectivity index (χ4n) is 0.834. The monoisotopic (exact) mass is 217 g/mol. The molecule has 14 heavy (non-hydrogen) atoms. The van der Waals surface area contributed by atoms with Crippen LogP contribution in [0.25, 0.3) is 0 Å². The van der Waals surface area contributed by atoms with Crippen molar-refractivity contribution in [3.8, 4) is 0 Å². The first kappa shape index (κ1) is 10.6. The van der Waals surface area contributed by atoms with Gasteiger partial charge in [-0.05, 0) is 6.92 Å². The molecule has 1 aromatic rings. The number of hydrogen-bond donors (Lipinski definition) is 0. The number of methoxy groups -OCH3 is 1. The van der Waals surface area contributed by atoms with Crippen molar-refractivity contribution in [1.29, 1.82) is 0 Å². The number of alkyl halides is 1. The van der Waals surface area contributed by atoms with Crippen molar-refractivity contribution < 1.29 is 14.3 Å². The number of aromatic nitrogens is 3. The maximum atomic E-state index is 11.1. The van der Waals surface area contributed by atoms with Crippen molar-refractivity contribution in [3.05, 3.63) is 11.9 Å². The van der Waals surface area contributed by atoms with Crippen LogP contribution in [0.2, 0.25) is 0 Å². The van der Waals surface area contributed by atoms with Crippen LogP contribution in [0.15, 0.2) is 6.20 Å². The van der Waals surface area contributed by atoms with Gasteiger partial charge in [-0.3, -0.25) is 4.79 Å². The second-order valence-corrected chi connectivity index (χ2v) is 2.92. The number of ether oxygens (including phenoxy) is 1. The summed E-state index contributed by atoms with van der Waals surface area (Å²) in [6, 6.07) is 0. The molecule has 0 bridgehead atoms. The van der Waals surface area contributed by atoms with Gasteiger partial charge in [-0.15, -0.1) is 5.10 Å². The van der Waals surface area contributed by atoms with E-state index in [0.29, 0.717) is 0 Å². The summed E-state index contributed by atoms with van der Waals surface area (Å²) in [4.78, 5) is 22.1. The minimum Gasteiger partial charge on any atom is -0.464 e. The Bertz CT molecular complexity index is 363. The van der Waals surface area contributed by atoms with Gasteiger partial charge in [0, 0.05) is 0 Å². The van der Waals surface area contributed by atoms with Crippen molar-refractivity contribution in [2.45, 2.75) is 12.4 Å². The molecule has 0 saturated carbocycles. The number of nitrogens with zero attached hydrogens (tertiary/aromatic N) is 3. The predicted octanol–water partition coefficient (Wildman–Crippen LogP) is 0.391. The van der Waals surface area contributed by atoms with Crippen LogP contribution in [-0.2, 0) is 9.53 Å². The van der Waals surface area contributed by atoms with Gasteiger partial charge in [0.1, 0.15) is 0 Å². The molecule has 1 unspecified atom stereocenters. The Morgan fingerprint density at radius 3 is 2.79 bits per heavy atom. The second kappa shape index (κ2) is 4.19. The third kappa shape index (κ3) is 1.90. The summed E-state index contributed by atoms with van der Waals surface area (Å²) in [5.41, 5.74) is -0.991. The Morgan fingerprint density at radius 2 is 2.29 bits per heavy atom. The van der Waals surface area contributed by atoms with Gasteiger partial charge in [0.05, 0.1) is 13.3 Å². The standard InChI is InChI=1S/C7H8ClN3O3/c1-4(12)6(8)11-5(3-9-10-11)7(13)14-2/h3,6H,1-2H3. The first-order valence-electron chi connectivity index (χ1n) is 3.71. The fraction of sp³-hybridized carbons (Fsp3) is 0.429. The number of carbonyl (C=O) groups excluding carboxylic acids is 2. The Hall–Kier alpha value is -1.43. The fourth-order valence-corrected chi connectivity index (χ4v) is 0.978. The van der Waals surface area contributed by atoms with E-state index in [0.717, 1.165) is 4.68 Å². The lowest BCUT2D eigenvalue weighted by Crippen LogP contribution is -2.18. The quantitative estimate of drug-likeness (QED) is 0.541. The first-order chi connectivity index (χ1) is 6.57. The van der Waals surface area contributed by atoms with Crippen molar-refractivity contribution in [2.75, 3.05) is 7.11 Å². The SMILES string of the molecule is COC(=O)c1cnnn1C(Cl)C(C)=O. The van der Waals surface area contributed by atoms with Crippen molar-refractivity contribution in [1.82, 2.24) is 15.0 Å². The molecule has 1 rings (SSSR count). The highest BCUT2D eigenvalue weighted by molar-refractivity contribution is 6.28. The maximum absolute atomic E-state index is 11.1. The highest BCUT2D eigenvalue weighted by atomic mass is 35.5. The van der Waals surface area contributed by atoms with Crippen LogP contribution in [-0.4, -0.2) is 33.9 Å². The normalized spacial score (nSPS) is 12.2. The molecule has 76 valence electrons. The molecule has 0 N–H and O–H groups in total. The smallest absolute Gasteiger partial charge is 0.358 e. The first-order valence-corrected chi connectivity index (χ1v) is 4.14. The van der Waals surface area contributed by atoms with Gasteiger partial charge in [-0.2, -0.15) is 0 Å². The molecule has 0 saturated heterocycles. The summed E-state index contributed by atoms with van der Waals surface area (Å²) in [6.07, 6.45) is 1.18. The topological polar surface area (TPSA) is 74.1 Å². The Kier molecular flexibility index (Phi) is 3.19. The van der Waals surface area contributed by atoms with Gasteiger partial charge >= 0.3 is 5.97 Å². The van der Waals surface area contributed by atoms with E-state index in [1.54, 1.807) is 0 Å². The Labute approximate surface area is 84.8 Å². The van der Waals surface area contributed by atoms with E-state index in [1.165, 1.54) is 20.2 Å². The zero-order valence-electron chi connectivity index (χ0n) is 7.60. The number of rotatable bonds is 3. The zero-order chi connectivity index (χ0) is 10.7. The van der Waals surface area contributed by atoms with E-state index in [2.05, 4.69) is 15.0 Å². The van der Waals surface area contributed by atoms with Crippen LogP contribution in [0.5, 0.6) is 0 Å². The van der Waals surface area contributed by atoms with E-state index >= 15 is 0 Å². The minimum atomic E-state index is -1.04.